The fourth-order valence-corrected chi connectivity index (χ4v) is 3.88. The predicted molar refractivity (Wildman–Crippen MR) is 121 cm³/mol. The molecule has 158 valence electrons. The highest BCUT2D eigenvalue weighted by molar-refractivity contribution is 7.13. The number of rotatable bonds is 7. The highest BCUT2D eigenvalue weighted by Crippen LogP contribution is 2.40. The van der Waals surface area contributed by atoms with Crippen LogP contribution in [0, 0.1) is 0 Å². The monoisotopic (exact) mass is 435 g/mol. The molecule has 0 atom stereocenters. The highest BCUT2D eigenvalue weighted by Gasteiger charge is 2.20. The van der Waals surface area contributed by atoms with E-state index in [0.717, 1.165) is 16.3 Å². The van der Waals surface area contributed by atoms with Gasteiger partial charge in [-0.05, 0) is 29.6 Å². The van der Waals surface area contributed by atoms with Crippen LogP contribution in [0.3, 0.4) is 0 Å². The molecule has 31 heavy (non-hydrogen) atoms. The zero-order chi connectivity index (χ0) is 21.8. The van der Waals surface area contributed by atoms with Gasteiger partial charge in [-0.15, -0.1) is 11.3 Å². The zero-order valence-corrected chi connectivity index (χ0v) is 18.1. The molecule has 2 aromatic heterocycles. The van der Waals surface area contributed by atoms with Gasteiger partial charge in [0.1, 0.15) is 11.4 Å². The molecule has 0 unspecified atom stereocenters. The third-order valence-electron chi connectivity index (χ3n) is 4.64. The predicted octanol–water partition coefficient (Wildman–Crippen LogP) is 4.88. The molecule has 1 amide bonds. The van der Waals surface area contributed by atoms with Gasteiger partial charge in [0, 0.05) is 17.8 Å². The largest absolute Gasteiger partial charge is 0.493 e. The molecule has 0 spiro atoms. The van der Waals surface area contributed by atoms with Crippen LogP contribution in [0.5, 0.6) is 17.2 Å². The minimum atomic E-state index is -0.312. The van der Waals surface area contributed by atoms with Gasteiger partial charge in [0.05, 0.1) is 31.9 Å². The van der Waals surface area contributed by atoms with Crippen molar-refractivity contribution in [1.82, 2.24) is 9.78 Å². The Kier molecular flexibility index (Phi) is 5.90. The molecule has 0 aliphatic rings. The number of aromatic nitrogens is 2. The van der Waals surface area contributed by atoms with E-state index in [9.17, 15) is 4.79 Å². The van der Waals surface area contributed by atoms with Crippen molar-refractivity contribution in [3.05, 3.63) is 71.7 Å². The van der Waals surface area contributed by atoms with E-state index < -0.39 is 0 Å². The zero-order valence-electron chi connectivity index (χ0n) is 17.3. The summed E-state index contributed by atoms with van der Waals surface area (Å²) >= 11 is 1.57. The molecule has 2 aromatic carbocycles. The number of carbonyl (C=O) groups excluding carboxylic acids is 1. The Morgan fingerprint density at radius 3 is 2.23 bits per heavy atom. The van der Waals surface area contributed by atoms with Gasteiger partial charge in [0.15, 0.2) is 11.5 Å². The lowest BCUT2D eigenvalue weighted by Crippen LogP contribution is -2.17. The average Bonchev–Trinajstić information content (AvgIpc) is 3.49. The molecule has 0 fully saturated rings. The lowest BCUT2D eigenvalue weighted by Gasteiger charge is -2.15. The second kappa shape index (κ2) is 8.93. The minimum absolute atomic E-state index is 0.312. The third kappa shape index (κ3) is 4.10. The summed E-state index contributed by atoms with van der Waals surface area (Å²) in [6, 6.07) is 18.6. The number of nitrogens with one attached hydrogen (secondary N) is 1. The normalized spacial score (nSPS) is 10.5. The fraction of sp³-hybridized carbons (Fsp3) is 0.130. The number of benzene rings is 2. The van der Waals surface area contributed by atoms with Crippen LogP contribution in [0.4, 0.5) is 5.69 Å². The summed E-state index contributed by atoms with van der Waals surface area (Å²) in [6.45, 7) is 0. The van der Waals surface area contributed by atoms with Crippen LogP contribution in [0.25, 0.3) is 16.3 Å². The van der Waals surface area contributed by atoms with E-state index in [1.165, 1.54) is 21.3 Å². The van der Waals surface area contributed by atoms with E-state index in [1.807, 2.05) is 47.8 Å². The summed E-state index contributed by atoms with van der Waals surface area (Å²) < 4.78 is 17.8. The first kappa shape index (κ1) is 20.5. The van der Waals surface area contributed by atoms with Crippen LogP contribution < -0.4 is 19.5 Å². The Bertz CT molecular complexity index is 1160. The van der Waals surface area contributed by atoms with Crippen molar-refractivity contribution >= 4 is 22.9 Å². The van der Waals surface area contributed by atoms with Crippen molar-refractivity contribution in [2.75, 3.05) is 26.6 Å². The molecule has 4 rings (SSSR count). The molecule has 1 N–H and O–H groups in total. The van der Waals surface area contributed by atoms with Gasteiger partial charge >= 0.3 is 0 Å². The summed E-state index contributed by atoms with van der Waals surface area (Å²) in [5.74, 6) is 1.05. The van der Waals surface area contributed by atoms with Gasteiger partial charge in [0.2, 0.25) is 5.75 Å². The lowest BCUT2D eigenvalue weighted by atomic mass is 10.2. The number of anilines is 1. The van der Waals surface area contributed by atoms with E-state index in [0.29, 0.717) is 28.6 Å². The number of methoxy groups -OCH3 is 3. The van der Waals surface area contributed by atoms with Gasteiger partial charge in [-0.2, -0.15) is 5.10 Å². The fourth-order valence-electron chi connectivity index (χ4n) is 3.20. The molecule has 2 heterocycles. The molecule has 0 saturated carbocycles. The molecule has 8 heteroatoms. The number of amides is 1. The average molecular weight is 436 g/mol. The Balaban J connectivity index is 1.73. The molecule has 0 saturated heterocycles. The summed E-state index contributed by atoms with van der Waals surface area (Å²) in [4.78, 5) is 14.2. The van der Waals surface area contributed by atoms with E-state index in [2.05, 4.69) is 10.4 Å². The maximum Gasteiger partial charge on any atom is 0.274 e. The lowest BCUT2D eigenvalue weighted by molar-refractivity contribution is 0.101. The van der Waals surface area contributed by atoms with Crippen molar-refractivity contribution < 1.29 is 19.0 Å². The molecule has 4 aromatic rings. The molecular weight excluding hydrogens is 414 g/mol. The first-order valence-corrected chi connectivity index (χ1v) is 10.3. The van der Waals surface area contributed by atoms with Gasteiger partial charge in [-0.3, -0.25) is 4.79 Å². The summed E-state index contributed by atoms with van der Waals surface area (Å²) in [7, 11) is 4.59. The number of ether oxygens (including phenoxy) is 3. The number of hydrogen-bond acceptors (Lipinski definition) is 6. The molecule has 0 radical (unpaired) electrons. The Morgan fingerprint density at radius 2 is 1.65 bits per heavy atom. The van der Waals surface area contributed by atoms with Gasteiger partial charge in [-0.25, -0.2) is 4.68 Å². The first-order chi connectivity index (χ1) is 15.1. The van der Waals surface area contributed by atoms with Crippen molar-refractivity contribution in [2.45, 2.75) is 0 Å². The molecule has 0 bridgehead atoms. The van der Waals surface area contributed by atoms with E-state index >= 15 is 0 Å². The van der Waals surface area contributed by atoms with Crippen LogP contribution in [0.1, 0.15) is 10.5 Å². The number of thiophene rings is 1. The number of nitrogens with zero attached hydrogens (tertiary/aromatic N) is 2. The Morgan fingerprint density at radius 1 is 0.935 bits per heavy atom. The summed E-state index contributed by atoms with van der Waals surface area (Å²) in [5.41, 5.74) is 2.44. The van der Waals surface area contributed by atoms with Crippen LogP contribution in [0.2, 0.25) is 0 Å². The van der Waals surface area contributed by atoms with Crippen molar-refractivity contribution in [3.63, 3.8) is 0 Å². The molecule has 0 aliphatic carbocycles. The van der Waals surface area contributed by atoms with E-state index in [-0.39, 0.29) is 5.91 Å². The van der Waals surface area contributed by atoms with Crippen molar-refractivity contribution in [3.8, 4) is 33.5 Å². The van der Waals surface area contributed by atoms with Gasteiger partial charge in [0.25, 0.3) is 5.91 Å². The highest BCUT2D eigenvalue weighted by atomic mass is 32.1. The van der Waals surface area contributed by atoms with Crippen LogP contribution in [-0.2, 0) is 0 Å². The van der Waals surface area contributed by atoms with Gasteiger partial charge in [-0.1, -0.05) is 24.3 Å². The van der Waals surface area contributed by atoms with E-state index in [4.69, 9.17) is 14.2 Å². The third-order valence-corrected chi connectivity index (χ3v) is 5.53. The second-order valence-corrected chi connectivity index (χ2v) is 7.46. The number of hydrogen-bond donors (Lipinski definition) is 1. The molecule has 0 aliphatic heterocycles. The Labute approximate surface area is 183 Å². The summed E-state index contributed by atoms with van der Waals surface area (Å²) in [5, 5.41) is 9.57. The smallest absolute Gasteiger partial charge is 0.274 e. The van der Waals surface area contributed by atoms with Crippen molar-refractivity contribution in [2.24, 2.45) is 0 Å². The second-order valence-electron chi connectivity index (χ2n) is 6.51. The number of para-hydroxylation sites is 1. The Hall–Kier alpha value is -3.78. The van der Waals surface area contributed by atoms with E-state index in [1.54, 1.807) is 34.2 Å². The maximum absolute atomic E-state index is 13.3. The van der Waals surface area contributed by atoms with Crippen LogP contribution >= 0.6 is 11.3 Å². The molecular formula is C23H21N3O4S. The summed E-state index contributed by atoms with van der Waals surface area (Å²) in [6.07, 6.45) is 0. The van der Waals surface area contributed by atoms with Crippen LogP contribution in [0.15, 0.2) is 66.0 Å². The molecule has 7 nitrogen and oxygen atoms in total. The first-order valence-electron chi connectivity index (χ1n) is 9.45. The van der Waals surface area contributed by atoms with Crippen LogP contribution in [-0.4, -0.2) is 37.0 Å². The number of carbonyl (C=O) groups is 1. The van der Waals surface area contributed by atoms with Crippen molar-refractivity contribution in [1.29, 1.82) is 0 Å². The van der Waals surface area contributed by atoms with Gasteiger partial charge < -0.3 is 19.5 Å². The topological polar surface area (TPSA) is 74.6 Å². The standard InChI is InChI=1S/C23H21N3O4S/c1-28-19-12-15(13-20(29-2)22(19)30-3)24-23(27)18-14-17(21-10-7-11-31-21)25-26(18)16-8-5-4-6-9-16/h4-14H,1-3H3,(H,24,27). The minimum Gasteiger partial charge on any atom is -0.493 e. The maximum atomic E-state index is 13.3. The quantitative estimate of drug-likeness (QED) is 0.448. The SMILES string of the molecule is COc1cc(NC(=O)c2cc(-c3cccs3)nn2-c2ccccc2)cc(OC)c1OC.